The smallest absolute Gasteiger partial charge is 0.254 e. The number of piperidine rings is 1. The van der Waals surface area contributed by atoms with Crippen molar-refractivity contribution in [3.8, 4) is 0 Å². The Hall–Kier alpha value is -2.61. The number of likely N-dealkylation sites (N-methyl/N-ethyl adjacent to an activating group) is 1. The van der Waals surface area contributed by atoms with E-state index >= 15 is 0 Å². The van der Waals surface area contributed by atoms with Gasteiger partial charge in [0.2, 0.25) is 11.9 Å². The predicted molar refractivity (Wildman–Crippen MR) is 111 cm³/mol. The third kappa shape index (κ3) is 3.25. The van der Waals surface area contributed by atoms with Crippen LogP contribution in [0.3, 0.4) is 0 Å². The second-order valence-corrected chi connectivity index (χ2v) is 8.04. The lowest BCUT2D eigenvalue weighted by atomic mass is 9.85. The highest BCUT2D eigenvalue weighted by molar-refractivity contribution is 6.02. The van der Waals surface area contributed by atoms with Gasteiger partial charge in [-0.2, -0.15) is 0 Å². The first-order chi connectivity index (χ1) is 14.0. The number of benzene rings is 1. The summed E-state index contributed by atoms with van der Waals surface area (Å²) in [6, 6.07) is 5.60. The minimum absolute atomic E-state index is 0.0763. The Labute approximate surface area is 170 Å². The summed E-state index contributed by atoms with van der Waals surface area (Å²) in [5.74, 6) is 0.745. The Kier molecular flexibility index (Phi) is 5.21. The van der Waals surface area contributed by atoms with E-state index in [-0.39, 0.29) is 11.8 Å². The summed E-state index contributed by atoms with van der Waals surface area (Å²) in [5.41, 5.74) is 1.63. The third-order valence-electron chi connectivity index (χ3n) is 6.28. The molecule has 1 aromatic carbocycles. The topological polar surface area (TPSA) is 79.7 Å². The first-order valence-corrected chi connectivity index (χ1v) is 10.2. The van der Waals surface area contributed by atoms with Crippen LogP contribution in [0.5, 0.6) is 0 Å². The molecule has 8 heteroatoms. The summed E-state index contributed by atoms with van der Waals surface area (Å²) >= 11 is 0. The van der Waals surface area contributed by atoms with E-state index < -0.39 is 5.54 Å². The number of carbonyl (C=O) groups is 2. The lowest BCUT2D eigenvalue weighted by molar-refractivity contribution is -0.144. The highest BCUT2D eigenvalue weighted by Gasteiger charge is 2.52. The molecule has 4 rings (SSSR count). The maximum absolute atomic E-state index is 13.4. The number of hydrogen-bond donors (Lipinski definition) is 1. The molecule has 1 N–H and O–H groups in total. The Bertz CT molecular complexity index is 940. The standard InChI is InChI=1S/C21H29N5O3/c1-24-11-4-8-21(19(24)28)9-5-12-26(21)18(27)15-6-7-17-16(14-15)23-20(25(17)2)22-10-13-29-3/h6-7,14H,4-5,8-13H2,1-3H3,(H,22,23). The van der Waals surface area contributed by atoms with Crippen molar-refractivity contribution in [2.45, 2.75) is 31.2 Å². The van der Waals surface area contributed by atoms with Crippen LogP contribution in [0.4, 0.5) is 5.95 Å². The molecule has 1 aromatic heterocycles. The van der Waals surface area contributed by atoms with E-state index in [1.54, 1.807) is 12.0 Å². The summed E-state index contributed by atoms with van der Waals surface area (Å²) in [5, 5.41) is 3.25. The fourth-order valence-electron chi connectivity index (χ4n) is 4.74. The molecule has 2 aliphatic rings. The Morgan fingerprint density at radius 3 is 2.76 bits per heavy atom. The van der Waals surface area contributed by atoms with Crippen LogP contribution in [0.1, 0.15) is 36.0 Å². The largest absolute Gasteiger partial charge is 0.383 e. The van der Waals surface area contributed by atoms with Gasteiger partial charge >= 0.3 is 0 Å². The number of ether oxygens (including phenoxy) is 1. The summed E-state index contributed by atoms with van der Waals surface area (Å²) in [7, 11) is 5.44. The first kappa shape index (κ1) is 19.7. The number of likely N-dealkylation sites (tertiary alicyclic amines) is 2. The van der Waals surface area contributed by atoms with Crippen molar-refractivity contribution in [3.05, 3.63) is 23.8 Å². The van der Waals surface area contributed by atoms with Crippen molar-refractivity contribution >= 4 is 28.8 Å². The predicted octanol–water partition coefficient (Wildman–Crippen LogP) is 1.86. The lowest BCUT2D eigenvalue weighted by Crippen LogP contribution is -2.60. The van der Waals surface area contributed by atoms with Gasteiger partial charge in [0.25, 0.3) is 5.91 Å². The number of hydrogen-bond acceptors (Lipinski definition) is 5. The van der Waals surface area contributed by atoms with Gasteiger partial charge in [0.05, 0.1) is 17.6 Å². The van der Waals surface area contributed by atoms with Gasteiger partial charge in [0, 0.05) is 46.4 Å². The number of fused-ring (bicyclic) bond motifs is 1. The van der Waals surface area contributed by atoms with E-state index in [1.165, 1.54) is 0 Å². The number of amides is 2. The van der Waals surface area contributed by atoms with E-state index in [0.29, 0.717) is 25.3 Å². The van der Waals surface area contributed by atoms with Gasteiger partial charge in [-0.05, 0) is 43.9 Å². The van der Waals surface area contributed by atoms with Crippen LogP contribution in [0.2, 0.25) is 0 Å². The van der Waals surface area contributed by atoms with Crippen molar-refractivity contribution < 1.29 is 14.3 Å². The minimum atomic E-state index is -0.671. The maximum atomic E-state index is 13.4. The van der Waals surface area contributed by atoms with E-state index in [2.05, 4.69) is 10.3 Å². The molecular weight excluding hydrogens is 370 g/mol. The zero-order valence-corrected chi connectivity index (χ0v) is 17.4. The van der Waals surface area contributed by atoms with Gasteiger partial charge in [-0.3, -0.25) is 9.59 Å². The highest BCUT2D eigenvalue weighted by Crippen LogP contribution is 2.39. The summed E-state index contributed by atoms with van der Waals surface area (Å²) in [6.45, 7) is 2.64. The fourth-order valence-corrected chi connectivity index (χ4v) is 4.74. The number of methoxy groups -OCH3 is 1. The Balaban J connectivity index is 1.62. The Morgan fingerprint density at radius 1 is 1.24 bits per heavy atom. The zero-order valence-electron chi connectivity index (χ0n) is 17.4. The highest BCUT2D eigenvalue weighted by atomic mass is 16.5. The van der Waals surface area contributed by atoms with Gasteiger partial charge in [-0.15, -0.1) is 0 Å². The van der Waals surface area contributed by atoms with Gasteiger partial charge in [-0.1, -0.05) is 0 Å². The molecule has 2 aromatic rings. The van der Waals surface area contributed by atoms with E-state index in [4.69, 9.17) is 4.74 Å². The number of nitrogens with one attached hydrogen (secondary N) is 1. The third-order valence-corrected chi connectivity index (χ3v) is 6.28. The number of nitrogens with zero attached hydrogens (tertiary/aromatic N) is 4. The second-order valence-electron chi connectivity index (χ2n) is 8.04. The molecule has 1 spiro atoms. The van der Waals surface area contributed by atoms with Crippen molar-refractivity contribution in [1.82, 2.24) is 19.4 Å². The number of rotatable bonds is 5. The number of aryl methyl sites for hydroxylation is 1. The van der Waals surface area contributed by atoms with E-state index in [1.807, 2.05) is 41.8 Å². The zero-order chi connectivity index (χ0) is 20.6. The average Bonchev–Trinajstić information content (AvgIpc) is 3.27. The number of imidazole rings is 1. The van der Waals surface area contributed by atoms with Crippen molar-refractivity contribution in [2.75, 3.05) is 45.7 Å². The molecule has 29 heavy (non-hydrogen) atoms. The molecule has 1 unspecified atom stereocenters. The monoisotopic (exact) mass is 399 g/mol. The van der Waals surface area contributed by atoms with Crippen LogP contribution in [0.25, 0.3) is 11.0 Å². The van der Waals surface area contributed by atoms with Crippen LogP contribution in [0, 0.1) is 0 Å². The van der Waals surface area contributed by atoms with E-state index in [9.17, 15) is 9.59 Å². The normalized spacial score (nSPS) is 22.1. The van der Waals surface area contributed by atoms with Crippen LogP contribution in [0.15, 0.2) is 18.2 Å². The summed E-state index contributed by atoms with van der Waals surface area (Å²) < 4.78 is 7.04. The molecule has 8 nitrogen and oxygen atoms in total. The lowest BCUT2D eigenvalue weighted by Gasteiger charge is -2.43. The molecule has 2 saturated heterocycles. The van der Waals surface area contributed by atoms with Crippen LogP contribution in [-0.4, -0.2) is 77.1 Å². The molecule has 1 atom stereocenters. The van der Waals surface area contributed by atoms with Crippen molar-refractivity contribution in [1.29, 1.82) is 0 Å². The molecule has 0 saturated carbocycles. The summed E-state index contributed by atoms with van der Waals surface area (Å²) in [6.07, 6.45) is 3.30. The second kappa shape index (κ2) is 7.67. The first-order valence-electron chi connectivity index (χ1n) is 10.2. The molecule has 156 valence electrons. The number of carbonyl (C=O) groups excluding carboxylic acids is 2. The molecule has 3 heterocycles. The minimum Gasteiger partial charge on any atom is -0.383 e. The number of aromatic nitrogens is 2. The van der Waals surface area contributed by atoms with Crippen molar-refractivity contribution in [3.63, 3.8) is 0 Å². The molecule has 2 aliphatic heterocycles. The molecule has 0 radical (unpaired) electrons. The molecule has 2 fully saturated rings. The van der Waals surface area contributed by atoms with Crippen LogP contribution >= 0.6 is 0 Å². The van der Waals surface area contributed by atoms with Gasteiger partial charge < -0.3 is 24.4 Å². The van der Waals surface area contributed by atoms with Crippen LogP contribution in [-0.2, 0) is 16.6 Å². The van der Waals surface area contributed by atoms with Gasteiger partial charge in [-0.25, -0.2) is 4.98 Å². The summed E-state index contributed by atoms with van der Waals surface area (Å²) in [4.78, 5) is 34.6. The SMILES string of the molecule is COCCNc1nc2cc(C(=O)N3CCCC34CCCN(C)C4=O)ccc2n1C. The molecule has 2 amide bonds. The Morgan fingerprint density at radius 2 is 2.00 bits per heavy atom. The average molecular weight is 399 g/mol. The van der Waals surface area contributed by atoms with Crippen molar-refractivity contribution in [2.24, 2.45) is 7.05 Å². The van der Waals surface area contributed by atoms with Gasteiger partial charge in [0.1, 0.15) is 5.54 Å². The molecule has 0 bridgehead atoms. The number of anilines is 1. The maximum Gasteiger partial charge on any atom is 0.254 e. The fraction of sp³-hybridized carbons (Fsp3) is 0.571. The van der Waals surface area contributed by atoms with Gasteiger partial charge in [0.15, 0.2) is 0 Å². The van der Waals surface area contributed by atoms with Crippen LogP contribution < -0.4 is 5.32 Å². The molecule has 0 aliphatic carbocycles. The molecular formula is C21H29N5O3. The van der Waals surface area contributed by atoms with E-state index in [0.717, 1.165) is 49.2 Å². The quantitative estimate of drug-likeness (QED) is 0.777.